The maximum atomic E-state index is 3.20. The normalized spacial score (nSPS) is 15.0. The summed E-state index contributed by atoms with van der Waals surface area (Å²) in [5.74, 6) is 0. The molecule has 1 aliphatic heterocycles. The maximum Gasteiger partial charge on any atom is 0.0328 e. The van der Waals surface area contributed by atoms with Crippen LogP contribution in [-0.4, -0.2) is 6.54 Å². The van der Waals surface area contributed by atoms with Crippen molar-refractivity contribution in [2.75, 3.05) is 6.54 Å². The lowest BCUT2D eigenvalue weighted by Gasteiger charge is -2.08. The Labute approximate surface area is 78.8 Å². The Morgan fingerprint density at radius 3 is 2.54 bits per heavy atom. The highest BCUT2D eigenvalue weighted by molar-refractivity contribution is 5.74. The molecule has 66 valence electrons. The van der Waals surface area contributed by atoms with E-state index >= 15 is 0 Å². The summed E-state index contributed by atoms with van der Waals surface area (Å²) in [6.07, 6.45) is 6.35. The summed E-state index contributed by atoms with van der Waals surface area (Å²) in [4.78, 5) is 0. The molecule has 1 aliphatic rings. The molecule has 1 N–H and O–H groups in total. The van der Waals surface area contributed by atoms with Gasteiger partial charge >= 0.3 is 0 Å². The van der Waals surface area contributed by atoms with Crippen LogP contribution in [0.4, 0.5) is 0 Å². The van der Waals surface area contributed by atoms with Gasteiger partial charge in [0.1, 0.15) is 0 Å². The molecule has 0 fully saturated rings. The fraction of sp³-hybridized carbons (Fsp3) is 0.167. The first-order valence-corrected chi connectivity index (χ1v) is 4.53. The molecule has 0 aliphatic carbocycles. The van der Waals surface area contributed by atoms with Crippen molar-refractivity contribution in [3.05, 3.63) is 53.7 Å². The molecule has 1 heteroatoms. The van der Waals surface area contributed by atoms with Gasteiger partial charge in [0.2, 0.25) is 0 Å². The summed E-state index contributed by atoms with van der Waals surface area (Å²) in [6, 6.07) is 8.58. The molecule has 0 unspecified atom stereocenters. The quantitative estimate of drug-likeness (QED) is 0.684. The summed E-state index contributed by atoms with van der Waals surface area (Å²) in [6.45, 7) is 3.04. The zero-order valence-corrected chi connectivity index (χ0v) is 7.75. The van der Waals surface area contributed by atoms with Crippen LogP contribution >= 0.6 is 0 Å². The average molecular weight is 171 g/mol. The standard InChI is InChI=1S/C12H13N/c1-10-4-6-11(7-5-10)12-3-2-8-13-9-12/h2-7,9,13H,8H2,1H3. The van der Waals surface area contributed by atoms with Crippen LogP contribution < -0.4 is 5.32 Å². The summed E-state index contributed by atoms with van der Waals surface area (Å²) in [7, 11) is 0. The first kappa shape index (κ1) is 8.11. The number of allylic oxidation sites excluding steroid dienone is 2. The van der Waals surface area contributed by atoms with E-state index in [4.69, 9.17) is 0 Å². The Balaban J connectivity index is 2.30. The van der Waals surface area contributed by atoms with Crippen LogP contribution in [-0.2, 0) is 0 Å². The van der Waals surface area contributed by atoms with Crippen molar-refractivity contribution < 1.29 is 0 Å². The Morgan fingerprint density at radius 2 is 1.92 bits per heavy atom. The van der Waals surface area contributed by atoms with Crippen molar-refractivity contribution in [2.24, 2.45) is 0 Å². The summed E-state index contributed by atoms with van der Waals surface area (Å²) in [5, 5.41) is 3.20. The highest BCUT2D eigenvalue weighted by Crippen LogP contribution is 2.16. The third-order valence-corrected chi connectivity index (χ3v) is 2.18. The fourth-order valence-electron chi connectivity index (χ4n) is 1.40. The lowest BCUT2D eigenvalue weighted by Crippen LogP contribution is -2.08. The molecule has 1 nitrogen and oxygen atoms in total. The second-order valence-electron chi connectivity index (χ2n) is 3.28. The third-order valence-electron chi connectivity index (χ3n) is 2.18. The molecular weight excluding hydrogens is 158 g/mol. The Morgan fingerprint density at radius 1 is 1.15 bits per heavy atom. The van der Waals surface area contributed by atoms with Crippen LogP contribution in [0.3, 0.4) is 0 Å². The molecule has 1 aromatic rings. The molecule has 13 heavy (non-hydrogen) atoms. The third kappa shape index (κ3) is 1.81. The van der Waals surface area contributed by atoms with Gasteiger partial charge in [-0.2, -0.15) is 0 Å². The molecule has 0 saturated heterocycles. The van der Waals surface area contributed by atoms with Crippen LogP contribution in [0.25, 0.3) is 5.57 Å². The SMILES string of the molecule is Cc1ccc(C2=CNCC=C2)cc1. The predicted molar refractivity (Wildman–Crippen MR) is 56.3 cm³/mol. The van der Waals surface area contributed by atoms with Gasteiger partial charge in [-0.25, -0.2) is 0 Å². The van der Waals surface area contributed by atoms with E-state index in [2.05, 4.69) is 54.9 Å². The average Bonchev–Trinajstić information content (AvgIpc) is 2.20. The van der Waals surface area contributed by atoms with Crippen molar-refractivity contribution in [1.82, 2.24) is 5.32 Å². The summed E-state index contributed by atoms with van der Waals surface area (Å²) in [5.41, 5.74) is 3.83. The number of nitrogens with one attached hydrogen (secondary N) is 1. The van der Waals surface area contributed by atoms with Crippen LogP contribution in [0.2, 0.25) is 0 Å². The number of rotatable bonds is 1. The van der Waals surface area contributed by atoms with E-state index in [0.29, 0.717) is 0 Å². The van der Waals surface area contributed by atoms with E-state index in [9.17, 15) is 0 Å². The zero-order chi connectivity index (χ0) is 9.10. The second kappa shape index (κ2) is 3.48. The zero-order valence-electron chi connectivity index (χ0n) is 7.75. The van der Waals surface area contributed by atoms with Gasteiger partial charge in [0.05, 0.1) is 0 Å². The minimum Gasteiger partial charge on any atom is -0.387 e. The van der Waals surface area contributed by atoms with E-state index in [1.54, 1.807) is 0 Å². The monoisotopic (exact) mass is 171 g/mol. The first-order chi connectivity index (χ1) is 6.36. The highest BCUT2D eigenvalue weighted by atomic mass is 14.8. The number of hydrogen-bond donors (Lipinski definition) is 1. The molecule has 0 spiro atoms. The van der Waals surface area contributed by atoms with Gasteiger partial charge < -0.3 is 5.32 Å². The van der Waals surface area contributed by atoms with Crippen LogP contribution in [0, 0.1) is 6.92 Å². The first-order valence-electron chi connectivity index (χ1n) is 4.53. The smallest absolute Gasteiger partial charge is 0.0328 e. The van der Waals surface area contributed by atoms with E-state index in [1.807, 2.05) is 0 Å². The molecule has 1 heterocycles. The molecule has 0 radical (unpaired) electrons. The van der Waals surface area contributed by atoms with E-state index in [0.717, 1.165) is 6.54 Å². The van der Waals surface area contributed by atoms with Gasteiger partial charge in [0.25, 0.3) is 0 Å². The van der Waals surface area contributed by atoms with Gasteiger partial charge in [-0.15, -0.1) is 0 Å². The minimum absolute atomic E-state index is 0.940. The van der Waals surface area contributed by atoms with Crippen LogP contribution in [0.1, 0.15) is 11.1 Å². The summed E-state index contributed by atoms with van der Waals surface area (Å²) < 4.78 is 0. The van der Waals surface area contributed by atoms with Crippen molar-refractivity contribution in [3.63, 3.8) is 0 Å². The lowest BCUT2D eigenvalue weighted by atomic mass is 10.0. The second-order valence-corrected chi connectivity index (χ2v) is 3.28. The number of benzene rings is 1. The van der Waals surface area contributed by atoms with Crippen molar-refractivity contribution in [2.45, 2.75) is 6.92 Å². The van der Waals surface area contributed by atoms with Gasteiger partial charge in [-0.3, -0.25) is 0 Å². The molecule has 0 bridgehead atoms. The van der Waals surface area contributed by atoms with Crippen molar-refractivity contribution in [3.8, 4) is 0 Å². The van der Waals surface area contributed by atoms with Crippen LogP contribution in [0.15, 0.2) is 42.6 Å². The molecule has 2 rings (SSSR count). The maximum absolute atomic E-state index is 3.20. The Hall–Kier alpha value is -1.50. The van der Waals surface area contributed by atoms with Crippen molar-refractivity contribution in [1.29, 1.82) is 0 Å². The van der Waals surface area contributed by atoms with Gasteiger partial charge in [-0.05, 0) is 18.1 Å². The summed E-state index contributed by atoms with van der Waals surface area (Å²) >= 11 is 0. The number of aryl methyl sites for hydroxylation is 1. The molecule has 0 atom stereocenters. The molecular formula is C12H13N. The van der Waals surface area contributed by atoms with Gasteiger partial charge in [0.15, 0.2) is 0 Å². The molecule has 0 saturated carbocycles. The molecule has 0 aromatic heterocycles. The van der Waals surface area contributed by atoms with Crippen molar-refractivity contribution >= 4 is 5.57 Å². The fourth-order valence-corrected chi connectivity index (χ4v) is 1.40. The Kier molecular flexibility index (Phi) is 2.17. The van der Waals surface area contributed by atoms with E-state index in [1.165, 1.54) is 16.7 Å². The largest absolute Gasteiger partial charge is 0.387 e. The van der Waals surface area contributed by atoms with Gasteiger partial charge in [-0.1, -0.05) is 42.0 Å². The number of hydrogen-bond acceptors (Lipinski definition) is 1. The molecule has 1 aromatic carbocycles. The van der Waals surface area contributed by atoms with E-state index in [-0.39, 0.29) is 0 Å². The van der Waals surface area contributed by atoms with Crippen LogP contribution in [0.5, 0.6) is 0 Å². The van der Waals surface area contributed by atoms with Gasteiger partial charge in [0, 0.05) is 12.7 Å². The topological polar surface area (TPSA) is 12.0 Å². The highest BCUT2D eigenvalue weighted by Gasteiger charge is 1.99. The minimum atomic E-state index is 0.940. The number of dihydropyridines is 1. The Bertz CT molecular complexity index is 344. The van der Waals surface area contributed by atoms with E-state index < -0.39 is 0 Å². The molecule has 0 amide bonds. The lowest BCUT2D eigenvalue weighted by molar-refractivity contribution is 0.976. The predicted octanol–water partition coefficient (Wildman–Crippen LogP) is 2.50.